The summed E-state index contributed by atoms with van der Waals surface area (Å²) >= 11 is 12.4. The van der Waals surface area contributed by atoms with Crippen LogP contribution >= 0.6 is 23.2 Å². The van der Waals surface area contributed by atoms with Crippen LogP contribution in [0.4, 0.5) is 4.39 Å². The summed E-state index contributed by atoms with van der Waals surface area (Å²) < 4.78 is 18.3. The highest BCUT2D eigenvalue weighted by Gasteiger charge is 2.25. The van der Waals surface area contributed by atoms with Crippen molar-refractivity contribution in [1.29, 1.82) is 0 Å². The van der Waals surface area contributed by atoms with E-state index in [9.17, 15) is 9.50 Å². The Hall–Kier alpha value is -1.88. The monoisotopic (exact) mass is 351 g/mol. The van der Waals surface area contributed by atoms with Crippen molar-refractivity contribution < 1.29 is 14.0 Å². The average molecular weight is 352 g/mol. The molecule has 0 spiro atoms. The molecule has 3 nitrogen and oxygen atoms in total. The smallest absolute Gasteiger partial charge is 0.140 e. The fourth-order valence-corrected chi connectivity index (χ4v) is 2.99. The highest BCUT2D eigenvalue weighted by atomic mass is 35.5. The third-order valence-corrected chi connectivity index (χ3v) is 4.20. The van der Waals surface area contributed by atoms with Gasteiger partial charge in [-0.25, -0.2) is 4.39 Å². The summed E-state index contributed by atoms with van der Waals surface area (Å²) in [6.07, 6.45) is -1.04. The fourth-order valence-electron chi connectivity index (χ4n) is 2.42. The molecule has 0 aliphatic carbocycles. The summed E-state index contributed by atoms with van der Waals surface area (Å²) in [6, 6.07) is 10.7. The van der Waals surface area contributed by atoms with Gasteiger partial charge in [0.05, 0.1) is 15.6 Å². The van der Waals surface area contributed by atoms with E-state index in [0.29, 0.717) is 38.2 Å². The van der Waals surface area contributed by atoms with E-state index in [1.807, 2.05) is 0 Å². The van der Waals surface area contributed by atoms with Gasteiger partial charge in [0, 0.05) is 5.56 Å². The number of aryl methyl sites for hydroxylation is 1. The van der Waals surface area contributed by atoms with Crippen molar-refractivity contribution in [1.82, 2.24) is 5.16 Å². The molecule has 1 heterocycles. The Bertz CT molecular complexity index is 826. The Kier molecular flexibility index (Phi) is 4.39. The first kappa shape index (κ1) is 16.0. The molecule has 0 bridgehead atoms. The molecule has 2 aromatic carbocycles. The van der Waals surface area contributed by atoms with Crippen LogP contribution in [-0.2, 0) is 0 Å². The Balaban J connectivity index is 2.14. The molecule has 1 atom stereocenters. The van der Waals surface area contributed by atoms with Gasteiger partial charge in [0.15, 0.2) is 0 Å². The van der Waals surface area contributed by atoms with E-state index in [4.69, 9.17) is 27.7 Å². The maximum atomic E-state index is 13.1. The third-order valence-electron chi connectivity index (χ3n) is 3.57. The molecule has 23 heavy (non-hydrogen) atoms. The van der Waals surface area contributed by atoms with Crippen molar-refractivity contribution in [3.63, 3.8) is 0 Å². The lowest BCUT2D eigenvalue weighted by atomic mass is 9.96. The standard InChI is InChI=1S/C17H12Cl2FNO2/c1-9-14(17(22)10-5-7-11(20)8-6-10)16(21-23-9)15-12(18)3-2-4-13(15)19/h2-8,17,22H,1H3/t17-/m0/s1. The molecule has 0 fully saturated rings. The molecule has 3 aromatic rings. The number of aliphatic hydroxyl groups excluding tert-OH is 1. The summed E-state index contributed by atoms with van der Waals surface area (Å²) in [5.74, 6) is 0.0603. The first-order valence-electron chi connectivity index (χ1n) is 6.83. The van der Waals surface area contributed by atoms with Gasteiger partial charge >= 0.3 is 0 Å². The Morgan fingerprint density at radius 3 is 2.30 bits per heavy atom. The summed E-state index contributed by atoms with van der Waals surface area (Å²) in [5.41, 5.74) is 1.83. The predicted molar refractivity (Wildman–Crippen MR) is 87.2 cm³/mol. The van der Waals surface area contributed by atoms with Crippen LogP contribution in [0.2, 0.25) is 10.0 Å². The third kappa shape index (κ3) is 2.98. The quantitative estimate of drug-likeness (QED) is 0.707. The molecular formula is C17H12Cl2FNO2. The van der Waals surface area contributed by atoms with Gasteiger partial charge in [0.1, 0.15) is 23.4 Å². The minimum Gasteiger partial charge on any atom is -0.383 e. The summed E-state index contributed by atoms with van der Waals surface area (Å²) in [5, 5.41) is 15.5. The molecular weight excluding hydrogens is 340 g/mol. The number of aliphatic hydroxyl groups is 1. The second-order valence-corrected chi connectivity index (χ2v) is 5.87. The normalized spacial score (nSPS) is 12.4. The van der Waals surface area contributed by atoms with Crippen LogP contribution in [0.25, 0.3) is 11.3 Å². The van der Waals surface area contributed by atoms with Crippen LogP contribution < -0.4 is 0 Å². The first-order chi connectivity index (χ1) is 11.0. The van der Waals surface area contributed by atoms with Gasteiger partial charge in [-0.1, -0.05) is 46.6 Å². The predicted octanol–water partition coefficient (Wildman–Crippen LogP) is 5.18. The Morgan fingerprint density at radius 2 is 1.70 bits per heavy atom. The van der Waals surface area contributed by atoms with Crippen molar-refractivity contribution in [2.75, 3.05) is 0 Å². The van der Waals surface area contributed by atoms with Crippen LogP contribution in [-0.4, -0.2) is 10.3 Å². The molecule has 0 aliphatic heterocycles. The number of aromatic nitrogens is 1. The number of halogens is 3. The second-order valence-electron chi connectivity index (χ2n) is 5.05. The van der Waals surface area contributed by atoms with E-state index >= 15 is 0 Å². The highest BCUT2D eigenvalue weighted by Crippen LogP contribution is 2.40. The number of benzene rings is 2. The molecule has 1 aromatic heterocycles. The first-order valence-corrected chi connectivity index (χ1v) is 7.58. The van der Waals surface area contributed by atoms with Crippen molar-refractivity contribution in [3.05, 3.63) is 75.2 Å². The summed E-state index contributed by atoms with van der Waals surface area (Å²) in [7, 11) is 0. The maximum Gasteiger partial charge on any atom is 0.140 e. The van der Waals surface area contributed by atoms with Crippen LogP contribution in [0.3, 0.4) is 0 Å². The van der Waals surface area contributed by atoms with E-state index < -0.39 is 6.10 Å². The van der Waals surface area contributed by atoms with E-state index in [1.54, 1.807) is 25.1 Å². The van der Waals surface area contributed by atoms with E-state index in [1.165, 1.54) is 24.3 Å². The molecule has 3 rings (SSSR count). The zero-order chi connectivity index (χ0) is 16.6. The van der Waals surface area contributed by atoms with Gasteiger partial charge in [-0.2, -0.15) is 0 Å². The molecule has 0 saturated heterocycles. The zero-order valence-electron chi connectivity index (χ0n) is 12.1. The van der Waals surface area contributed by atoms with Crippen molar-refractivity contribution in [2.45, 2.75) is 13.0 Å². The lowest BCUT2D eigenvalue weighted by Gasteiger charge is -2.13. The molecule has 0 saturated carbocycles. The summed E-state index contributed by atoms with van der Waals surface area (Å²) in [4.78, 5) is 0. The topological polar surface area (TPSA) is 46.3 Å². The van der Waals surface area contributed by atoms with Gasteiger partial charge in [0.2, 0.25) is 0 Å². The van der Waals surface area contributed by atoms with E-state index in [-0.39, 0.29) is 5.82 Å². The van der Waals surface area contributed by atoms with Gasteiger partial charge < -0.3 is 9.63 Å². The van der Waals surface area contributed by atoms with Crippen LogP contribution in [0.1, 0.15) is 23.0 Å². The molecule has 118 valence electrons. The molecule has 6 heteroatoms. The second kappa shape index (κ2) is 6.32. The molecule has 0 aliphatic rings. The summed E-state index contributed by atoms with van der Waals surface area (Å²) in [6.45, 7) is 1.68. The molecule has 0 amide bonds. The van der Waals surface area contributed by atoms with Crippen molar-refractivity contribution in [2.24, 2.45) is 0 Å². The SMILES string of the molecule is Cc1onc(-c2c(Cl)cccc2Cl)c1[C@@H](O)c1ccc(F)cc1. The molecule has 0 radical (unpaired) electrons. The Morgan fingerprint density at radius 1 is 1.09 bits per heavy atom. The van der Waals surface area contributed by atoms with Gasteiger partial charge in [0.25, 0.3) is 0 Å². The maximum absolute atomic E-state index is 13.1. The van der Waals surface area contributed by atoms with Gasteiger partial charge in [-0.3, -0.25) is 0 Å². The lowest BCUT2D eigenvalue weighted by molar-refractivity contribution is 0.218. The minimum absolute atomic E-state index is 0.370. The number of rotatable bonds is 3. The van der Waals surface area contributed by atoms with Gasteiger partial charge in [-0.15, -0.1) is 0 Å². The van der Waals surface area contributed by atoms with E-state index in [2.05, 4.69) is 5.16 Å². The van der Waals surface area contributed by atoms with Crippen molar-refractivity contribution >= 4 is 23.2 Å². The van der Waals surface area contributed by atoms with Crippen LogP contribution in [0.5, 0.6) is 0 Å². The largest absolute Gasteiger partial charge is 0.383 e. The minimum atomic E-state index is -1.04. The Labute approximate surface area is 142 Å². The zero-order valence-corrected chi connectivity index (χ0v) is 13.6. The number of nitrogens with zero attached hydrogens (tertiary/aromatic N) is 1. The lowest BCUT2D eigenvalue weighted by Crippen LogP contribution is -2.02. The van der Waals surface area contributed by atoms with Gasteiger partial charge in [-0.05, 0) is 36.8 Å². The average Bonchev–Trinajstić information content (AvgIpc) is 2.89. The number of hydrogen-bond donors (Lipinski definition) is 1. The molecule has 0 unspecified atom stereocenters. The molecule has 1 N–H and O–H groups in total. The van der Waals surface area contributed by atoms with Crippen LogP contribution in [0.15, 0.2) is 47.0 Å². The van der Waals surface area contributed by atoms with Crippen molar-refractivity contribution in [3.8, 4) is 11.3 Å². The number of hydrogen-bond acceptors (Lipinski definition) is 3. The van der Waals surface area contributed by atoms with Crippen LogP contribution in [0, 0.1) is 12.7 Å². The highest BCUT2D eigenvalue weighted by molar-refractivity contribution is 6.39. The fraction of sp³-hybridized carbons (Fsp3) is 0.118. The van der Waals surface area contributed by atoms with E-state index in [0.717, 1.165) is 0 Å².